The number of carbonyl (C=O) groups excluding carboxylic acids is 2. The Hall–Kier alpha value is -3.90. The van der Waals surface area contributed by atoms with E-state index in [-0.39, 0.29) is 11.3 Å². The van der Waals surface area contributed by atoms with Crippen LogP contribution in [0.4, 0.5) is 0 Å². The number of likely N-dealkylation sites (tertiary alicyclic amines) is 1. The van der Waals surface area contributed by atoms with Gasteiger partial charge in [-0.2, -0.15) is 0 Å². The number of aryl methyl sites for hydroxylation is 1. The van der Waals surface area contributed by atoms with Crippen molar-refractivity contribution in [3.63, 3.8) is 0 Å². The van der Waals surface area contributed by atoms with Gasteiger partial charge in [0, 0.05) is 18.7 Å². The third kappa shape index (κ3) is 5.50. The summed E-state index contributed by atoms with van der Waals surface area (Å²) in [4.78, 5) is 29.7. The van der Waals surface area contributed by atoms with Gasteiger partial charge in [-0.05, 0) is 49.3 Å². The minimum absolute atomic E-state index is 0.112. The second-order valence-electron chi connectivity index (χ2n) is 9.19. The number of aliphatic hydroxyl groups is 1. The molecule has 1 saturated heterocycles. The number of carbonyl (C=O) groups is 2. The Labute approximate surface area is 212 Å². The van der Waals surface area contributed by atoms with E-state index in [1.165, 1.54) is 0 Å². The van der Waals surface area contributed by atoms with Crippen molar-refractivity contribution in [2.24, 2.45) is 0 Å². The molecule has 0 aromatic heterocycles. The van der Waals surface area contributed by atoms with Crippen molar-refractivity contribution in [2.45, 2.75) is 26.0 Å². The van der Waals surface area contributed by atoms with Crippen LogP contribution >= 0.6 is 0 Å². The van der Waals surface area contributed by atoms with Crippen LogP contribution in [-0.2, 0) is 22.6 Å². The summed E-state index contributed by atoms with van der Waals surface area (Å²) in [7, 11) is 3.83. The molecule has 1 heterocycles. The first-order valence-corrected chi connectivity index (χ1v) is 12.2. The lowest BCUT2D eigenvalue weighted by Crippen LogP contribution is -2.35. The fourth-order valence-corrected chi connectivity index (χ4v) is 4.31. The van der Waals surface area contributed by atoms with Crippen LogP contribution in [0.3, 0.4) is 0 Å². The van der Waals surface area contributed by atoms with Gasteiger partial charge in [-0.1, -0.05) is 73.7 Å². The lowest BCUT2D eigenvalue weighted by molar-refractivity contribution is -0.140. The SMILES string of the molecule is CCc1ccc(/C(O)=C2/C(=O)C(=O)N(CCN(C)C)C2c2ccc(OCc3ccccc3)cc2)cc1. The Morgan fingerprint density at radius 2 is 1.58 bits per heavy atom. The molecule has 0 aliphatic carbocycles. The number of nitrogens with zero attached hydrogens (tertiary/aromatic N) is 2. The molecule has 186 valence electrons. The maximum Gasteiger partial charge on any atom is 0.295 e. The van der Waals surface area contributed by atoms with Crippen molar-refractivity contribution in [1.82, 2.24) is 9.80 Å². The summed E-state index contributed by atoms with van der Waals surface area (Å²) in [5.74, 6) is -0.737. The zero-order valence-electron chi connectivity index (χ0n) is 21.0. The van der Waals surface area contributed by atoms with E-state index in [1.807, 2.05) is 85.7 Å². The van der Waals surface area contributed by atoms with Crippen LogP contribution in [0.2, 0.25) is 0 Å². The third-order valence-corrected chi connectivity index (χ3v) is 6.41. The van der Waals surface area contributed by atoms with E-state index in [1.54, 1.807) is 17.0 Å². The van der Waals surface area contributed by atoms with Gasteiger partial charge in [0.25, 0.3) is 11.7 Å². The van der Waals surface area contributed by atoms with Crippen molar-refractivity contribution in [1.29, 1.82) is 0 Å². The molecule has 1 fully saturated rings. The van der Waals surface area contributed by atoms with Crippen molar-refractivity contribution in [2.75, 3.05) is 27.2 Å². The predicted molar refractivity (Wildman–Crippen MR) is 141 cm³/mol. The zero-order valence-corrected chi connectivity index (χ0v) is 21.0. The first-order valence-electron chi connectivity index (χ1n) is 12.2. The summed E-state index contributed by atoms with van der Waals surface area (Å²) in [6.07, 6.45) is 0.870. The summed E-state index contributed by atoms with van der Waals surface area (Å²) < 4.78 is 5.91. The van der Waals surface area contributed by atoms with Crippen molar-refractivity contribution in [3.8, 4) is 5.75 Å². The van der Waals surface area contributed by atoms with Gasteiger partial charge in [0.05, 0.1) is 11.6 Å². The topological polar surface area (TPSA) is 70.1 Å². The third-order valence-electron chi connectivity index (χ3n) is 6.41. The molecule has 6 heteroatoms. The van der Waals surface area contributed by atoms with E-state index >= 15 is 0 Å². The maximum absolute atomic E-state index is 13.2. The van der Waals surface area contributed by atoms with Crippen LogP contribution < -0.4 is 4.74 Å². The number of hydrogen-bond donors (Lipinski definition) is 1. The Balaban J connectivity index is 1.67. The summed E-state index contributed by atoms with van der Waals surface area (Å²) in [6.45, 7) is 3.45. The van der Waals surface area contributed by atoms with E-state index in [2.05, 4.69) is 6.92 Å². The quantitative estimate of drug-likeness (QED) is 0.268. The normalized spacial score (nSPS) is 17.1. The molecule has 0 radical (unpaired) electrons. The van der Waals surface area contributed by atoms with Gasteiger partial charge in [0.15, 0.2) is 0 Å². The average molecular weight is 485 g/mol. The highest BCUT2D eigenvalue weighted by atomic mass is 16.5. The van der Waals surface area contributed by atoms with E-state index < -0.39 is 17.7 Å². The molecule has 0 bridgehead atoms. The van der Waals surface area contributed by atoms with Crippen LogP contribution in [-0.4, -0.2) is 53.8 Å². The molecule has 0 saturated carbocycles. The molecule has 6 nitrogen and oxygen atoms in total. The smallest absolute Gasteiger partial charge is 0.295 e. The Bertz CT molecular complexity index is 1230. The predicted octanol–water partition coefficient (Wildman–Crippen LogP) is 4.81. The number of ether oxygens (including phenoxy) is 1. The fraction of sp³-hybridized carbons (Fsp3) is 0.267. The molecule has 1 N–H and O–H groups in total. The first kappa shape index (κ1) is 25.2. The fourth-order valence-electron chi connectivity index (χ4n) is 4.31. The van der Waals surface area contributed by atoms with Gasteiger partial charge in [-0.15, -0.1) is 0 Å². The number of likely N-dealkylation sites (N-methyl/N-ethyl adjacent to an activating group) is 1. The van der Waals surface area contributed by atoms with E-state index in [4.69, 9.17) is 4.74 Å². The second-order valence-corrected chi connectivity index (χ2v) is 9.19. The highest BCUT2D eigenvalue weighted by molar-refractivity contribution is 6.46. The van der Waals surface area contributed by atoms with Gasteiger partial charge >= 0.3 is 0 Å². The Kier molecular flexibility index (Phi) is 7.86. The number of aliphatic hydroxyl groups excluding tert-OH is 1. The number of hydrogen-bond acceptors (Lipinski definition) is 5. The minimum Gasteiger partial charge on any atom is -0.507 e. The van der Waals surface area contributed by atoms with Gasteiger partial charge in [-0.3, -0.25) is 9.59 Å². The highest BCUT2D eigenvalue weighted by Gasteiger charge is 2.45. The molecule has 3 aromatic carbocycles. The molecule has 1 unspecified atom stereocenters. The zero-order chi connectivity index (χ0) is 25.7. The van der Waals surface area contributed by atoms with Crippen LogP contribution in [0.5, 0.6) is 5.75 Å². The van der Waals surface area contributed by atoms with Crippen LogP contribution in [0.1, 0.15) is 35.2 Å². The number of Topliss-reactive ketones (excluding diaryl/α,β-unsaturated/α-hetero) is 1. The Morgan fingerprint density at radius 1 is 0.917 bits per heavy atom. The van der Waals surface area contributed by atoms with Crippen molar-refractivity contribution < 1.29 is 19.4 Å². The molecule has 1 aliphatic heterocycles. The number of amides is 1. The number of rotatable bonds is 9. The molecule has 3 aromatic rings. The summed E-state index contributed by atoms with van der Waals surface area (Å²) in [6, 6.07) is 24.0. The molecule has 1 atom stereocenters. The van der Waals surface area contributed by atoms with Crippen LogP contribution in [0.15, 0.2) is 84.4 Å². The molecule has 0 spiro atoms. The maximum atomic E-state index is 13.2. The minimum atomic E-state index is -0.682. The lowest BCUT2D eigenvalue weighted by atomic mass is 9.95. The van der Waals surface area contributed by atoms with E-state index in [0.29, 0.717) is 31.0 Å². The van der Waals surface area contributed by atoms with Gasteiger partial charge in [0.1, 0.15) is 18.1 Å². The molecule has 36 heavy (non-hydrogen) atoms. The molecule has 1 amide bonds. The average Bonchev–Trinajstić information content (AvgIpc) is 3.16. The van der Waals surface area contributed by atoms with E-state index in [0.717, 1.165) is 23.1 Å². The lowest BCUT2D eigenvalue weighted by Gasteiger charge is -2.26. The number of ketones is 1. The second kappa shape index (κ2) is 11.2. The van der Waals surface area contributed by atoms with Crippen molar-refractivity contribution in [3.05, 3.63) is 107 Å². The highest BCUT2D eigenvalue weighted by Crippen LogP contribution is 2.39. The van der Waals surface area contributed by atoms with Gasteiger partial charge in [0.2, 0.25) is 0 Å². The largest absolute Gasteiger partial charge is 0.507 e. The molecular weight excluding hydrogens is 452 g/mol. The Morgan fingerprint density at radius 3 is 2.19 bits per heavy atom. The molecule has 1 aliphatic rings. The van der Waals surface area contributed by atoms with Gasteiger partial charge < -0.3 is 19.6 Å². The summed E-state index contributed by atoms with van der Waals surface area (Å²) >= 11 is 0. The van der Waals surface area contributed by atoms with Gasteiger partial charge in [-0.25, -0.2) is 0 Å². The van der Waals surface area contributed by atoms with Crippen molar-refractivity contribution >= 4 is 17.4 Å². The van der Waals surface area contributed by atoms with Crippen LogP contribution in [0, 0.1) is 0 Å². The first-order chi connectivity index (χ1) is 17.4. The standard InChI is InChI=1S/C30H32N2O4/c1-4-21-10-12-24(13-11-21)28(33)26-27(32(19-18-31(2)3)30(35)29(26)34)23-14-16-25(17-15-23)36-20-22-8-6-5-7-9-22/h5-17,27,33H,4,18-20H2,1-3H3/b28-26-. The number of benzene rings is 3. The monoisotopic (exact) mass is 484 g/mol. The summed E-state index contributed by atoms with van der Waals surface area (Å²) in [5, 5.41) is 11.2. The molecular formula is C30H32N2O4. The van der Waals surface area contributed by atoms with Crippen LogP contribution in [0.25, 0.3) is 5.76 Å². The summed E-state index contributed by atoms with van der Waals surface area (Å²) in [5.41, 5.74) is 3.56. The van der Waals surface area contributed by atoms with E-state index in [9.17, 15) is 14.7 Å². The molecule has 4 rings (SSSR count).